The first-order valence-electron chi connectivity index (χ1n) is 10.9. The van der Waals surface area contributed by atoms with Gasteiger partial charge in [0, 0.05) is 30.4 Å². The van der Waals surface area contributed by atoms with Crippen LogP contribution in [0.1, 0.15) is 24.4 Å². The predicted octanol–water partition coefficient (Wildman–Crippen LogP) is 2.29. The summed E-state index contributed by atoms with van der Waals surface area (Å²) in [5.74, 6) is -3.57. The van der Waals surface area contributed by atoms with Crippen LogP contribution in [0.2, 0.25) is 0 Å². The molecule has 1 unspecified atom stereocenters. The van der Waals surface area contributed by atoms with Crippen LogP contribution in [0.15, 0.2) is 46.0 Å². The summed E-state index contributed by atoms with van der Waals surface area (Å²) in [6.07, 6.45) is 1.59. The van der Waals surface area contributed by atoms with Crippen molar-refractivity contribution in [1.29, 1.82) is 0 Å². The van der Waals surface area contributed by atoms with Gasteiger partial charge in [0.25, 0.3) is 0 Å². The van der Waals surface area contributed by atoms with E-state index in [1.54, 1.807) is 30.3 Å². The van der Waals surface area contributed by atoms with E-state index in [1.807, 2.05) is 0 Å². The van der Waals surface area contributed by atoms with Gasteiger partial charge in [-0.3, -0.25) is 9.69 Å². The molecule has 0 spiro atoms. The molecule has 0 radical (unpaired) electrons. The van der Waals surface area contributed by atoms with Gasteiger partial charge in [-0.2, -0.15) is 0 Å². The predicted molar refractivity (Wildman–Crippen MR) is 123 cm³/mol. The number of benzene rings is 1. The number of nitrogens with zero attached hydrogens (tertiary/aromatic N) is 3. The van der Waals surface area contributed by atoms with E-state index >= 15 is 0 Å². The highest BCUT2D eigenvalue weighted by atomic mass is 32.1. The highest BCUT2D eigenvalue weighted by molar-refractivity contribution is 7.11. The monoisotopic (exact) mass is 506 g/mol. The number of carboxylic acids is 1. The van der Waals surface area contributed by atoms with Crippen molar-refractivity contribution >= 4 is 29.1 Å². The molecule has 35 heavy (non-hydrogen) atoms. The molecule has 186 valence electrons. The second-order valence-electron chi connectivity index (χ2n) is 8.10. The average molecular weight is 507 g/mol. The van der Waals surface area contributed by atoms with Crippen molar-refractivity contribution in [3.8, 4) is 0 Å². The Kier molecular flexibility index (Phi) is 7.24. The van der Waals surface area contributed by atoms with E-state index in [0.717, 1.165) is 12.1 Å². The quantitative estimate of drug-likeness (QED) is 0.550. The van der Waals surface area contributed by atoms with Crippen LogP contribution in [0, 0.1) is 11.6 Å². The Morgan fingerprint density at radius 3 is 2.83 bits per heavy atom. The number of rotatable bonds is 7. The minimum Gasteiger partial charge on any atom is -0.480 e. The summed E-state index contributed by atoms with van der Waals surface area (Å²) in [7, 11) is 0. The van der Waals surface area contributed by atoms with Crippen LogP contribution >= 0.6 is 11.3 Å². The second kappa shape index (κ2) is 10.2. The number of esters is 1. The first-order valence-corrected chi connectivity index (χ1v) is 11.8. The number of amidine groups is 1. The topological polar surface area (TPSA) is 113 Å². The molecule has 2 aliphatic rings. The normalized spacial score (nSPS) is 23.0. The molecule has 2 atom stereocenters. The van der Waals surface area contributed by atoms with Crippen LogP contribution in [-0.2, 0) is 24.6 Å². The fourth-order valence-corrected chi connectivity index (χ4v) is 4.74. The SMILES string of the molecule is CCOC(=O)C1=C(CN2CCOCC2C(=O)O)NC(c2nccs2)=N[C@@]1(C)c1ccc(F)c(F)c1. The molecule has 4 rings (SSSR count). The highest BCUT2D eigenvalue weighted by Gasteiger charge is 2.44. The molecule has 2 aliphatic heterocycles. The highest BCUT2D eigenvalue weighted by Crippen LogP contribution is 2.39. The first-order chi connectivity index (χ1) is 16.7. The summed E-state index contributed by atoms with van der Waals surface area (Å²) in [6.45, 7) is 3.97. The zero-order chi connectivity index (χ0) is 25.2. The molecule has 2 aromatic rings. The standard InChI is InChI=1S/C23H24F2N4O5S/c1-3-34-22(32)18-16(11-29-7-8-33-12-17(29)21(30)31)27-19(20-26-6-9-35-20)28-23(18,2)13-4-5-14(24)15(25)10-13/h4-6,9-10,17H,3,7-8,11-12H2,1-2H3,(H,27,28)(H,30,31)/t17?,23-/m0/s1. The van der Waals surface area contributed by atoms with Gasteiger partial charge < -0.3 is 19.9 Å². The zero-order valence-corrected chi connectivity index (χ0v) is 19.9. The molecule has 2 N–H and O–H groups in total. The van der Waals surface area contributed by atoms with Crippen LogP contribution in [0.4, 0.5) is 8.78 Å². The summed E-state index contributed by atoms with van der Waals surface area (Å²) in [5, 5.41) is 15.1. The molecule has 0 aliphatic carbocycles. The molecule has 0 bridgehead atoms. The van der Waals surface area contributed by atoms with Crippen LogP contribution in [0.25, 0.3) is 0 Å². The summed E-state index contributed by atoms with van der Waals surface area (Å²) < 4.78 is 38.7. The van der Waals surface area contributed by atoms with Gasteiger partial charge in [0.15, 0.2) is 22.5 Å². The number of hydrogen-bond acceptors (Lipinski definition) is 9. The van der Waals surface area contributed by atoms with E-state index in [-0.39, 0.29) is 30.9 Å². The van der Waals surface area contributed by atoms with Crippen molar-refractivity contribution in [3.05, 3.63) is 63.3 Å². The summed E-state index contributed by atoms with van der Waals surface area (Å²) in [4.78, 5) is 35.8. The summed E-state index contributed by atoms with van der Waals surface area (Å²) >= 11 is 1.30. The Bertz CT molecular complexity index is 1190. The van der Waals surface area contributed by atoms with Crippen LogP contribution in [0.5, 0.6) is 0 Å². The van der Waals surface area contributed by atoms with Crippen LogP contribution < -0.4 is 5.32 Å². The summed E-state index contributed by atoms with van der Waals surface area (Å²) in [5.41, 5.74) is -0.845. The number of hydrogen-bond donors (Lipinski definition) is 2. The van der Waals surface area contributed by atoms with Crippen LogP contribution in [-0.4, -0.2) is 71.7 Å². The van der Waals surface area contributed by atoms with E-state index in [0.29, 0.717) is 29.7 Å². The number of aliphatic imine (C=N–C) groups is 1. The largest absolute Gasteiger partial charge is 0.480 e. The van der Waals surface area contributed by atoms with Gasteiger partial charge >= 0.3 is 11.9 Å². The van der Waals surface area contributed by atoms with Crippen molar-refractivity contribution in [3.63, 3.8) is 0 Å². The lowest BCUT2D eigenvalue weighted by molar-refractivity contribution is -0.149. The Morgan fingerprint density at radius 2 is 2.17 bits per heavy atom. The van der Waals surface area contributed by atoms with E-state index in [1.165, 1.54) is 17.4 Å². The van der Waals surface area contributed by atoms with Gasteiger partial charge in [-0.25, -0.2) is 23.6 Å². The molecule has 9 nitrogen and oxygen atoms in total. The summed E-state index contributed by atoms with van der Waals surface area (Å²) in [6, 6.07) is 2.40. The number of ether oxygens (including phenoxy) is 2. The maximum atomic E-state index is 14.3. The number of thiazole rings is 1. The molecule has 1 fully saturated rings. The van der Waals surface area contributed by atoms with Crippen molar-refractivity contribution < 1.29 is 33.0 Å². The smallest absolute Gasteiger partial charge is 0.338 e. The van der Waals surface area contributed by atoms with E-state index in [4.69, 9.17) is 14.5 Å². The molecule has 3 heterocycles. The number of carboxylic acid groups (broad SMARTS) is 1. The van der Waals surface area contributed by atoms with Gasteiger partial charge in [0.2, 0.25) is 0 Å². The maximum Gasteiger partial charge on any atom is 0.338 e. The Labute approximate surface area is 204 Å². The van der Waals surface area contributed by atoms with Gasteiger partial charge in [-0.1, -0.05) is 6.07 Å². The lowest BCUT2D eigenvalue weighted by Crippen LogP contribution is -2.53. The number of aliphatic carboxylic acids is 1. The number of nitrogens with one attached hydrogen (secondary N) is 1. The van der Waals surface area contributed by atoms with E-state index in [2.05, 4.69) is 10.3 Å². The van der Waals surface area contributed by atoms with E-state index in [9.17, 15) is 23.5 Å². The maximum absolute atomic E-state index is 14.3. The lowest BCUT2D eigenvalue weighted by atomic mass is 9.82. The molecule has 12 heteroatoms. The minimum atomic E-state index is -1.48. The molecule has 0 saturated carbocycles. The molecule has 1 aromatic carbocycles. The fourth-order valence-electron chi connectivity index (χ4n) is 4.16. The Morgan fingerprint density at radius 1 is 1.37 bits per heavy atom. The number of aromatic nitrogens is 1. The van der Waals surface area contributed by atoms with Crippen molar-refractivity contribution in [2.45, 2.75) is 25.4 Å². The third kappa shape index (κ3) is 4.95. The molecule has 1 aromatic heterocycles. The van der Waals surface area contributed by atoms with Crippen molar-refractivity contribution in [2.24, 2.45) is 4.99 Å². The van der Waals surface area contributed by atoms with Gasteiger partial charge in [-0.15, -0.1) is 11.3 Å². The lowest BCUT2D eigenvalue weighted by Gasteiger charge is -2.38. The zero-order valence-electron chi connectivity index (χ0n) is 19.1. The Balaban J connectivity index is 1.89. The van der Waals surface area contributed by atoms with E-state index < -0.39 is 35.2 Å². The number of carbonyl (C=O) groups is 2. The Hall–Kier alpha value is -3.22. The number of halogens is 2. The second-order valence-corrected chi connectivity index (χ2v) is 8.99. The number of morpholine rings is 1. The van der Waals surface area contributed by atoms with Gasteiger partial charge in [-0.05, 0) is 31.5 Å². The van der Waals surface area contributed by atoms with Gasteiger partial charge in [0.05, 0.1) is 25.4 Å². The minimum absolute atomic E-state index is 0.00871. The molecular weight excluding hydrogens is 482 g/mol. The molecule has 0 amide bonds. The third-order valence-electron chi connectivity index (χ3n) is 5.88. The number of carbonyl (C=O) groups excluding carboxylic acids is 1. The van der Waals surface area contributed by atoms with Gasteiger partial charge in [0.1, 0.15) is 11.6 Å². The van der Waals surface area contributed by atoms with Crippen molar-refractivity contribution in [1.82, 2.24) is 15.2 Å². The molecular formula is C23H24F2N4O5S. The fraction of sp³-hybridized carbons (Fsp3) is 0.391. The molecule has 1 saturated heterocycles. The first kappa shape index (κ1) is 24.9. The van der Waals surface area contributed by atoms with Crippen LogP contribution in [0.3, 0.4) is 0 Å². The third-order valence-corrected chi connectivity index (χ3v) is 6.65. The van der Waals surface area contributed by atoms with Crippen molar-refractivity contribution in [2.75, 3.05) is 32.9 Å². The average Bonchev–Trinajstić information content (AvgIpc) is 3.36.